The van der Waals surface area contributed by atoms with Crippen molar-refractivity contribution in [1.82, 2.24) is 3.53 Å². The van der Waals surface area contributed by atoms with Crippen LogP contribution in [0.25, 0.3) is 0 Å². The van der Waals surface area contributed by atoms with Gasteiger partial charge in [0.05, 0.1) is 0 Å². The minimum atomic E-state index is 0.337. The molecule has 1 N–H and O–H groups in total. The second-order valence-corrected chi connectivity index (χ2v) is 11.1. The topological polar surface area (TPSA) is 12.0 Å². The Bertz CT molecular complexity index is 131. The minimum absolute atomic E-state index is 0.337. The molecule has 1 aliphatic carbocycles. The fraction of sp³-hybridized carbons (Fsp3) is 1.00. The van der Waals surface area contributed by atoms with E-state index in [1.54, 1.807) is 0 Å². The van der Waals surface area contributed by atoms with Crippen LogP contribution in [0.2, 0.25) is 0 Å². The Balaban J connectivity index is 1.96. The zero-order valence-corrected chi connectivity index (χ0v) is 13.3. The number of alkyl halides is 2. The van der Waals surface area contributed by atoms with E-state index in [1.807, 2.05) is 0 Å². The van der Waals surface area contributed by atoms with E-state index in [0.29, 0.717) is 44.2 Å². The van der Waals surface area contributed by atoms with Crippen molar-refractivity contribution in [2.75, 3.05) is 8.86 Å². The molecule has 0 aromatic carbocycles. The van der Waals surface area contributed by atoms with Gasteiger partial charge in [-0.2, -0.15) is 0 Å². The molecule has 2 unspecified atom stereocenters. The monoisotopic (exact) mass is 493 g/mol. The van der Waals surface area contributed by atoms with Crippen molar-refractivity contribution in [2.24, 2.45) is 5.92 Å². The van der Waals surface area contributed by atoms with Gasteiger partial charge in [0, 0.05) is 0 Å². The van der Waals surface area contributed by atoms with Gasteiger partial charge >= 0.3 is 101 Å². The maximum atomic E-state index is 3.74. The first-order chi connectivity index (χ1) is 5.19. The van der Waals surface area contributed by atoms with Gasteiger partial charge in [-0.25, -0.2) is 0 Å². The van der Waals surface area contributed by atoms with E-state index in [2.05, 4.69) is 36.0 Å². The van der Waals surface area contributed by atoms with Gasteiger partial charge in [0.25, 0.3) is 0 Å². The summed E-state index contributed by atoms with van der Waals surface area (Å²) in [7, 11) is 0. The zero-order valence-electron chi connectivity index (χ0n) is 6.83. The molecule has 0 saturated heterocycles. The van der Waals surface area contributed by atoms with Gasteiger partial charge < -0.3 is 0 Å². The third-order valence-electron chi connectivity index (χ3n) is 2.18. The van der Waals surface area contributed by atoms with Crippen LogP contribution in [0.5, 0.6) is 0 Å². The van der Waals surface area contributed by atoms with Gasteiger partial charge in [-0.15, -0.1) is 0 Å². The van der Waals surface area contributed by atoms with Crippen LogP contribution in [0.3, 0.4) is 0 Å². The van der Waals surface area contributed by atoms with Crippen LogP contribution in [-0.2, 0) is 0 Å². The fourth-order valence-corrected chi connectivity index (χ4v) is 12.6. The van der Waals surface area contributed by atoms with Crippen molar-refractivity contribution in [2.45, 2.75) is 25.8 Å². The Morgan fingerprint density at radius 2 is 2.27 bits per heavy atom. The van der Waals surface area contributed by atoms with E-state index >= 15 is 0 Å². The maximum absolute atomic E-state index is 3.74. The first-order valence-corrected chi connectivity index (χ1v) is 14.2. The molecule has 1 nitrogen and oxygen atoms in total. The third-order valence-corrected chi connectivity index (χ3v) is 10.6. The van der Waals surface area contributed by atoms with Gasteiger partial charge in [-0.3, -0.25) is 0 Å². The Labute approximate surface area is 99.9 Å². The van der Waals surface area contributed by atoms with Gasteiger partial charge in [-0.1, -0.05) is 0 Å². The number of nitrogens with one attached hydrogen (secondary N) is 1. The van der Waals surface area contributed by atoms with Crippen LogP contribution in [0.4, 0.5) is 0 Å². The predicted molar refractivity (Wildman–Crippen MR) is 49.1 cm³/mol. The van der Waals surface area contributed by atoms with E-state index in [1.165, 1.54) is 15.3 Å². The summed E-state index contributed by atoms with van der Waals surface area (Å²) in [6, 6.07) is 0. The van der Waals surface area contributed by atoms with Crippen molar-refractivity contribution < 1.29 is 38.7 Å². The molecular formula is C7H14I3N-2. The average Bonchev–Trinajstić information content (AvgIpc) is 2.54. The normalized spacial score (nSPS) is 36.5. The van der Waals surface area contributed by atoms with E-state index in [0.717, 1.165) is 5.92 Å². The van der Waals surface area contributed by atoms with Crippen LogP contribution >= 0.6 is 18.6 Å². The molecule has 0 amide bonds. The van der Waals surface area contributed by atoms with Crippen LogP contribution in [-0.4, -0.2) is 14.4 Å². The molecule has 4 heteroatoms. The molecule has 70 valence electrons. The molecule has 0 aromatic rings. The summed E-state index contributed by atoms with van der Waals surface area (Å²) in [6.45, 7) is 4.72. The molecule has 1 saturated carbocycles. The van der Waals surface area contributed by atoms with Crippen molar-refractivity contribution in [3.05, 3.63) is 0 Å². The Kier molecular flexibility index (Phi) is 5.24. The van der Waals surface area contributed by atoms with Crippen LogP contribution < -0.4 is 42.2 Å². The third kappa shape index (κ3) is 3.80. The van der Waals surface area contributed by atoms with Gasteiger partial charge in [0.2, 0.25) is 0 Å². The molecular weight excluding hydrogens is 479 g/mol. The fourth-order valence-electron chi connectivity index (χ4n) is 0.971. The molecule has 1 aliphatic rings. The Hall–Kier alpha value is 2.15. The number of hydrogen-bond donors (Lipinski definition) is 1. The Morgan fingerprint density at radius 1 is 1.64 bits per heavy atom. The van der Waals surface area contributed by atoms with Crippen molar-refractivity contribution >= 4 is 18.6 Å². The molecule has 2 atom stereocenters. The molecule has 0 bridgehead atoms. The number of halogens is 3. The number of hydrogen-bond acceptors (Lipinski definition) is 1. The van der Waals surface area contributed by atoms with E-state index in [4.69, 9.17) is 0 Å². The van der Waals surface area contributed by atoms with E-state index in [-0.39, 0.29) is 0 Å². The van der Waals surface area contributed by atoms with Gasteiger partial charge in [0.1, 0.15) is 0 Å². The summed E-state index contributed by atoms with van der Waals surface area (Å²) >= 11 is 3.43. The standard InChI is InChI=1S/C7H14I3N/c1-6-5-7(6,2)11-10-4-3-9-8/h6,11H,3-5H2,1-2H3/q-2. The molecule has 0 aromatic heterocycles. The molecule has 0 aliphatic heterocycles. The van der Waals surface area contributed by atoms with Crippen molar-refractivity contribution in [3.63, 3.8) is 0 Å². The van der Waals surface area contributed by atoms with Crippen molar-refractivity contribution in [1.29, 1.82) is 0 Å². The summed E-state index contributed by atoms with van der Waals surface area (Å²) in [5.74, 6) is 0.941. The number of rotatable bonds is 5. The van der Waals surface area contributed by atoms with Crippen LogP contribution in [0, 0.1) is 5.92 Å². The zero-order chi connectivity index (χ0) is 8.32. The van der Waals surface area contributed by atoms with Crippen LogP contribution in [0.1, 0.15) is 20.3 Å². The van der Waals surface area contributed by atoms with Gasteiger partial charge in [-0.05, 0) is 0 Å². The summed E-state index contributed by atoms with van der Waals surface area (Å²) < 4.78 is 6.76. The summed E-state index contributed by atoms with van der Waals surface area (Å²) in [5, 5.41) is 0. The quantitative estimate of drug-likeness (QED) is 0.178. The van der Waals surface area contributed by atoms with Crippen LogP contribution in [0.15, 0.2) is 0 Å². The molecule has 0 spiro atoms. The summed E-state index contributed by atoms with van der Waals surface area (Å²) in [6.07, 6.45) is 1.41. The molecule has 11 heavy (non-hydrogen) atoms. The van der Waals surface area contributed by atoms with Gasteiger partial charge in [0.15, 0.2) is 0 Å². The van der Waals surface area contributed by atoms with E-state index in [9.17, 15) is 0 Å². The predicted octanol–water partition coefficient (Wildman–Crippen LogP) is -4.18. The molecule has 0 heterocycles. The molecule has 1 fully saturated rings. The average molecular weight is 493 g/mol. The van der Waals surface area contributed by atoms with E-state index < -0.39 is 0 Å². The first kappa shape index (κ1) is 11.2. The Morgan fingerprint density at radius 3 is 2.73 bits per heavy atom. The first-order valence-electron chi connectivity index (χ1n) is 3.74. The second kappa shape index (κ2) is 5.14. The summed E-state index contributed by atoms with van der Waals surface area (Å²) in [4.78, 5) is 0. The second-order valence-electron chi connectivity index (χ2n) is 3.23. The SMILES string of the molecule is CC1CC1(C)N[I-]CC[I-]I. The molecule has 1 rings (SSSR count). The summed E-state index contributed by atoms with van der Waals surface area (Å²) in [5.41, 5.74) is 0.566. The van der Waals surface area contributed by atoms with Crippen molar-refractivity contribution in [3.8, 4) is 0 Å². The molecule has 0 radical (unpaired) electrons.